The Morgan fingerprint density at radius 1 is 1.44 bits per heavy atom. The van der Waals surface area contributed by atoms with Gasteiger partial charge in [0.15, 0.2) is 0 Å². The maximum atomic E-state index is 12.5. The monoisotopic (exact) mass is 288 g/mol. The van der Waals surface area contributed by atoms with Crippen molar-refractivity contribution in [1.82, 2.24) is 9.62 Å². The summed E-state index contributed by atoms with van der Waals surface area (Å²) >= 11 is 5.86. The predicted molar refractivity (Wildman–Crippen MR) is 72.3 cm³/mol. The van der Waals surface area contributed by atoms with Crippen molar-refractivity contribution in [2.45, 2.75) is 24.3 Å². The van der Waals surface area contributed by atoms with Gasteiger partial charge in [-0.1, -0.05) is 24.6 Å². The van der Waals surface area contributed by atoms with Gasteiger partial charge < -0.3 is 5.32 Å². The fraction of sp³-hybridized carbons (Fsp3) is 0.500. The second kappa shape index (κ2) is 5.57. The Morgan fingerprint density at radius 2 is 2.17 bits per heavy atom. The van der Waals surface area contributed by atoms with Crippen molar-refractivity contribution in [2.24, 2.45) is 0 Å². The zero-order valence-corrected chi connectivity index (χ0v) is 11.8. The van der Waals surface area contributed by atoms with Crippen LogP contribution in [0.2, 0.25) is 5.02 Å². The molecule has 1 aromatic rings. The average Bonchev–Trinajstić information content (AvgIpc) is 2.26. The minimum atomic E-state index is -3.44. The quantitative estimate of drug-likeness (QED) is 0.897. The normalized spacial score (nSPS) is 16.8. The van der Waals surface area contributed by atoms with Crippen molar-refractivity contribution in [2.75, 3.05) is 19.6 Å². The SMILES string of the molecule is CCCN(C1CNC1)S(=O)(=O)c1cccc(Cl)c1. The highest BCUT2D eigenvalue weighted by molar-refractivity contribution is 7.89. The lowest BCUT2D eigenvalue weighted by atomic mass is 10.2. The molecule has 0 bridgehead atoms. The van der Waals surface area contributed by atoms with Crippen molar-refractivity contribution in [3.63, 3.8) is 0 Å². The number of hydrogen-bond donors (Lipinski definition) is 1. The van der Waals surface area contributed by atoms with E-state index in [2.05, 4.69) is 5.32 Å². The molecule has 0 saturated carbocycles. The van der Waals surface area contributed by atoms with E-state index in [0.717, 1.165) is 19.5 Å². The Morgan fingerprint density at radius 3 is 2.67 bits per heavy atom. The first kappa shape index (κ1) is 13.8. The van der Waals surface area contributed by atoms with Crippen LogP contribution >= 0.6 is 11.6 Å². The number of hydrogen-bond acceptors (Lipinski definition) is 3. The molecule has 1 saturated heterocycles. The molecule has 100 valence electrons. The van der Waals surface area contributed by atoms with Gasteiger partial charge in [-0.3, -0.25) is 0 Å². The van der Waals surface area contributed by atoms with E-state index in [1.165, 1.54) is 6.07 Å². The largest absolute Gasteiger partial charge is 0.313 e. The predicted octanol–water partition coefficient (Wildman–Crippen LogP) is 1.71. The maximum Gasteiger partial charge on any atom is 0.243 e. The van der Waals surface area contributed by atoms with Gasteiger partial charge in [0.2, 0.25) is 10.0 Å². The third-order valence-electron chi connectivity index (χ3n) is 3.01. The molecule has 2 rings (SSSR count). The summed E-state index contributed by atoms with van der Waals surface area (Å²) in [5.74, 6) is 0. The van der Waals surface area contributed by atoms with Gasteiger partial charge in [0, 0.05) is 24.7 Å². The molecule has 6 heteroatoms. The first-order valence-corrected chi connectivity index (χ1v) is 7.85. The summed E-state index contributed by atoms with van der Waals surface area (Å²) in [7, 11) is -3.44. The van der Waals surface area contributed by atoms with Crippen LogP contribution in [-0.2, 0) is 10.0 Å². The van der Waals surface area contributed by atoms with Gasteiger partial charge in [-0.25, -0.2) is 8.42 Å². The van der Waals surface area contributed by atoms with Gasteiger partial charge in [0.1, 0.15) is 0 Å². The molecule has 1 aliphatic rings. The van der Waals surface area contributed by atoms with Crippen LogP contribution in [0.4, 0.5) is 0 Å². The molecule has 0 aromatic heterocycles. The van der Waals surface area contributed by atoms with E-state index in [1.54, 1.807) is 22.5 Å². The van der Waals surface area contributed by atoms with Crippen molar-refractivity contribution in [3.05, 3.63) is 29.3 Å². The molecule has 0 amide bonds. The highest BCUT2D eigenvalue weighted by atomic mass is 35.5. The Hall–Kier alpha value is -0.620. The van der Waals surface area contributed by atoms with Crippen LogP contribution in [0.5, 0.6) is 0 Å². The summed E-state index contributed by atoms with van der Waals surface area (Å²) in [6.07, 6.45) is 0.802. The second-order valence-electron chi connectivity index (χ2n) is 4.39. The van der Waals surface area contributed by atoms with Crippen molar-refractivity contribution in [3.8, 4) is 0 Å². The van der Waals surface area contributed by atoms with Crippen LogP contribution in [0, 0.1) is 0 Å². The van der Waals surface area contributed by atoms with Crippen LogP contribution in [0.15, 0.2) is 29.2 Å². The molecule has 0 atom stereocenters. The Bertz CT molecular complexity index is 515. The third kappa shape index (κ3) is 2.69. The van der Waals surface area contributed by atoms with Crippen LogP contribution in [0.3, 0.4) is 0 Å². The van der Waals surface area contributed by atoms with Gasteiger partial charge in [0.05, 0.1) is 10.9 Å². The fourth-order valence-electron chi connectivity index (χ4n) is 1.96. The summed E-state index contributed by atoms with van der Waals surface area (Å²) in [6.45, 7) is 3.97. The molecule has 1 N–H and O–H groups in total. The molecule has 18 heavy (non-hydrogen) atoms. The summed E-state index contributed by atoms with van der Waals surface area (Å²) in [6, 6.07) is 6.50. The van der Waals surface area contributed by atoms with E-state index in [9.17, 15) is 8.42 Å². The van der Waals surface area contributed by atoms with E-state index >= 15 is 0 Å². The van der Waals surface area contributed by atoms with Gasteiger partial charge in [0.25, 0.3) is 0 Å². The minimum absolute atomic E-state index is 0.0638. The Balaban J connectivity index is 2.32. The van der Waals surface area contributed by atoms with E-state index < -0.39 is 10.0 Å². The van der Waals surface area contributed by atoms with E-state index in [-0.39, 0.29) is 10.9 Å². The summed E-state index contributed by atoms with van der Waals surface area (Å²) < 4.78 is 26.7. The summed E-state index contributed by atoms with van der Waals surface area (Å²) in [5.41, 5.74) is 0. The molecule has 0 spiro atoms. The lowest BCUT2D eigenvalue weighted by Gasteiger charge is -2.37. The maximum absolute atomic E-state index is 12.5. The van der Waals surface area contributed by atoms with Crippen LogP contribution < -0.4 is 5.32 Å². The van der Waals surface area contributed by atoms with Crippen LogP contribution in [0.25, 0.3) is 0 Å². The zero-order chi connectivity index (χ0) is 13.2. The van der Waals surface area contributed by atoms with Crippen molar-refractivity contribution < 1.29 is 8.42 Å². The van der Waals surface area contributed by atoms with Crippen molar-refractivity contribution >= 4 is 21.6 Å². The van der Waals surface area contributed by atoms with E-state index in [4.69, 9.17) is 11.6 Å². The number of rotatable bonds is 5. The molecule has 1 aromatic carbocycles. The summed E-state index contributed by atoms with van der Waals surface area (Å²) in [4.78, 5) is 0.273. The molecule has 1 aliphatic heterocycles. The Labute approximate surface area is 113 Å². The smallest absolute Gasteiger partial charge is 0.243 e. The number of nitrogens with one attached hydrogen (secondary N) is 1. The zero-order valence-electron chi connectivity index (χ0n) is 10.3. The van der Waals surface area contributed by atoms with Gasteiger partial charge in [-0.05, 0) is 24.6 Å². The highest BCUT2D eigenvalue weighted by Crippen LogP contribution is 2.22. The first-order valence-electron chi connectivity index (χ1n) is 6.04. The molecule has 0 unspecified atom stereocenters. The molecule has 1 fully saturated rings. The Kier molecular flexibility index (Phi) is 4.27. The van der Waals surface area contributed by atoms with E-state index in [1.807, 2.05) is 6.92 Å². The molecule has 0 aliphatic carbocycles. The van der Waals surface area contributed by atoms with Gasteiger partial charge in [-0.2, -0.15) is 4.31 Å². The lowest BCUT2D eigenvalue weighted by molar-refractivity contribution is 0.242. The van der Waals surface area contributed by atoms with Crippen LogP contribution in [0.1, 0.15) is 13.3 Å². The van der Waals surface area contributed by atoms with Crippen molar-refractivity contribution in [1.29, 1.82) is 0 Å². The topological polar surface area (TPSA) is 49.4 Å². The lowest BCUT2D eigenvalue weighted by Crippen LogP contribution is -2.58. The first-order chi connectivity index (χ1) is 8.55. The highest BCUT2D eigenvalue weighted by Gasteiger charge is 2.34. The molecule has 1 heterocycles. The number of sulfonamides is 1. The molecule has 0 radical (unpaired) electrons. The van der Waals surface area contributed by atoms with Crippen LogP contribution in [-0.4, -0.2) is 38.4 Å². The fourth-order valence-corrected chi connectivity index (χ4v) is 3.98. The van der Waals surface area contributed by atoms with Gasteiger partial charge >= 0.3 is 0 Å². The summed E-state index contributed by atoms with van der Waals surface area (Å²) in [5, 5.41) is 3.55. The van der Waals surface area contributed by atoms with E-state index in [0.29, 0.717) is 11.6 Å². The third-order valence-corrected chi connectivity index (χ3v) is 5.20. The molecular formula is C12H17ClN2O2S. The average molecular weight is 289 g/mol. The number of nitrogens with zero attached hydrogens (tertiary/aromatic N) is 1. The second-order valence-corrected chi connectivity index (χ2v) is 6.71. The number of halogens is 1. The minimum Gasteiger partial charge on any atom is -0.313 e. The molecule has 4 nitrogen and oxygen atoms in total. The molecular weight excluding hydrogens is 272 g/mol. The standard InChI is InChI=1S/C12H17ClN2O2S/c1-2-6-15(11-8-14-9-11)18(16,17)12-5-3-4-10(13)7-12/h3-5,7,11,14H,2,6,8-9H2,1H3. The number of benzene rings is 1. The van der Waals surface area contributed by atoms with Gasteiger partial charge in [-0.15, -0.1) is 0 Å².